The lowest BCUT2D eigenvalue weighted by atomic mass is 10.0. The van der Waals surface area contributed by atoms with Gasteiger partial charge in [0, 0.05) is 31.2 Å². The van der Waals surface area contributed by atoms with Gasteiger partial charge in [-0.2, -0.15) is 0 Å². The molecule has 1 atom stereocenters. The van der Waals surface area contributed by atoms with E-state index in [0.717, 1.165) is 18.9 Å². The minimum atomic E-state index is 0.543. The van der Waals surface area contributed by atoms with Crippen LogP contribution in [0.1, 0.15) is 12.0 Å². The van der Waals surface area contributed by atoms with Crippen LogP contribution in [0.3, 0.4) is 0 Å². The van der Waals surface area contributed by atoms with Crippen LogP contribution in [0.5, 0.6) is 0 Å². The van der Waals surface area contributed by atoms with Crippen molar-refractivity contribution in [3.8, 4) is 0 Å². The summed E-state index contributed by atoms with van der Waals surface area (Å²) >= 11 is 0. The lowest BCUT2D eigenvalue weighted by Crippen LogP contribution is -2.34. The van der Waals surface area contributed by atoms with Crippen molar-refractivity contribution in [3.63, 3.8) is 0 Å². The van der Waals surface area contributed by atoms with E-state index in [1.165, 1.54) is 30.6 Å². The van der Waals surface area contributed by atoms with Gasteiger partial charge in [-0.3, -0.25) is 0 Å². The molecule has 0 radical (unpaired) electrons. The van der Waals surface area contributed by atoms with Crippen molar-refractivity contribution in [2.45, 2.75) is 12.8 Å². The van der Waals surface area contributed by atoms with E-state index >= 15 is 0 Å². The lowest BCUT2D eigenvalue weighted by molar-refractivity contribution is 0.592. The van der Waals surface area contributed by atoms with E-state index in [1.807, 2.05) is 0 Å². The van der Waals surface area contributed by atoms with Gasteiger partial charge in [0.05, 0.1) is 5.82 Å². The van der Waals surface area contributed by atoms with Gasteiger partial charge in [-0.25, -0.2) is 0 Å². The van der Waals surface area contributed by atoms with E-state index in [-0.39, 0.29) is 0 Å². The van der Waals surface area contributed by atoms with Crippen LogP contribution in [0.2, 0.25) is 0 Å². The largest absolute Gasteiger partial charge is 0.386 e. The Kier molecular flexibility index (Phi) is 2.67. The predicted molar refractivity (Wildman–Crippen MR) is 70.7 cm³/mol. The Hall–Kier alpha value is -1.64. The summed E-state index contributed by atoms with van der Waals surface area (Å²) in [5, 5.41) is 3.20. The first-order valence-corrected chi connectivity index (χ1v) is 6.37. The van der Waals surface area contributed by atoms with E-state index in [4.69, 9.17) is 5.73 Å². The molecule has 0 amide bonds. The van der Waals surface area contributed by atoms with Gasteiger partial charge in [-0.05, 0) is 30.5 Å². The Balaban J connectivity index is 1.77. The average Bonchev–Trinajstić information content (AvgIpc) is 2.75. The van der Waals surface area contributed by atoms with Gasteiger partial charge in [0.25, 0.3) is 0 Å². The summed E-state index contributed by atoms with van der Waals surface area (Å²) in [5.41, 5.74) is 8.66. The van der Waals surface area contributed by atoms with Crippen molar-refractivity contribution in [1.82, 2.24) is 5.32 Å². The fourth-order valence-electron chi connectivity index (χ4n) is 2.82. The second-order valence-electron chi connectivity index (χ2n) is 4.94. The zero-order valence-corrected chi connectivity index (χ0v) is 10.0. The molecule has 90 valence electrons. The second-order valence-corrected chi connectivity index (χ2v) is 4.94. The highest BCUT2D eigenvalue weighted by Crippen LogP contribution is 2.27. The maximum atomic E-state index is 5.76. The molecule has 0 bridgehead atoms. The van der Waals surface area contributed by atoms with E-state index in [2.05, 4.69) is 40.6 Å². The Morgan fingerprint density at radius 3 is 3.06 bits per heavy atom. The molecular weight excluding hydrogens is 210 g/mol. The number of nitrogens with two attached hydrogens (primary N) is 1. The van der Waals surface area contributed by atoms with Gasteiger partial charge < -0.3 is 16.0 Å². The molecule has 2 aliphatic heterocycles. The van der Waals surface area contributed by atoms with Crippen LogP contribution >= 0.6 is 0 Å². The van der Waals surface area contributed by atoms with Gasteiger partial charge in [-0.1, -0.05) is 18.2 Å². The topological polar surface area (TPSA) is 41.3 Å². The smallest absolute Gasteiger partial charge is 0.0923 e. The van der Waals surface area contributed by atoms with E-state index in [1.54, 1.807) is 0 Å². The number of hydrogen-bond acceptors (Lipinski definition) is 3. The second kappa shape index (κ2) is 4.32. The normalized spacial score (nSPS) is 22.9. The summed E-state index contributed by atoms with van der Waals surface area (Å²) in [5.74, 6) is 1.38. The van der Waals surface area contributed by atoms with Crippen LogP contribution in [-0.4, -0.2) is 19.6 Å². The lowest BCUT2D eigenvalue weighted by Gasteiger charge is -2.32. The summed E-state index contributed by atoms with van der Waals surface area (Å²) in [6, 6.07) is 8.76. The van der Waals surface area contributed by atoms with Crippen molar-refractivity contribution in [2.75, 3.05) is 24.5 Å². The summed E-state index contributed by atoms with van der Waals surface area (Å²) in [6.07, 6.45) is 4.63. The molecule has 1 aromatic carbocycles. The van der Waals surface area contributed by atoms with Crippen LogP contribution in [0.15, 0.2) is 36.2 Å². The van der Waals surface area contributed by atoms with Gasteiger partial charge in [-0.15, -0.1) is 0 Å². The molecule has 0 aliphatic carbocycles. The monoisotopic (exact) mass is 229 g/mol. The number of anilines is 1. The number of para-hydroxylation sites is 1. The summed E-state index contributed by atoms with van der Waals surface area (Å²) in [4.78, 5) is 2.50. The van der Waals surface area contributed by atoms with Crippen LogP contribution in [0.25, 0.3) is 0 Å². The van der Waals surface area contributed by atoms with Crippen molar-refractivity contribution < 1.29 is 0 Å². The van der Waals surface area contributed by atoms with Gasteiger partial charge in [0.2, 0.25) is 0 Å². The maximum absolute atomic E-state index is 5.76. The zero-order chi connectivity index (χ0) is 11.7. The molecule has 3 rings (SSSR count). The van der Waals surface area contributed by atoms with E-state index in [9.17, 15) is 0 Å². The summed E-state index contributed by atoms with van der Waals surface area (Å²) < 4.78 is 0. The molecule has 2 heterocycles. The van der Waals surface area contributed by atoms with Gasteiger partial charge >= 0.3 is 0 Å². The molecule has 0 unspecified atom stereocenters. The molecular formula is C14H19N3. The average molecular weight is 229 g/mol. The molecule has 3 N–H and O–H groups in total. The maximum Gasteiger partial charge on any atom is 0.0923 e. The molecule has 0 aromatic heterocycles. The molecule has 3 heteroatoms. The Morgan fingerprint density at radius 2 is 2.24 bits per heavy atom. The molecule has 0 saturated heterocycles. The van der Waals surface area contributed by atoms with Crippen molar-refractivity contribution in [1.29, 1.82) is 0 Å². The van der Waals surface area contributed by atoms with Gasteiger partial charge in [0.1, 0.15) is 0 Å². The minimum Gasteiger partial charge on any atom is -0.386 e. The third kappa shape index (κ3) is 2.09. The fraction of sp³-hybridized carbons (Fsp3) is 0.429. The van der Waals surface area contributed by atoms with Crippen LogP contribution in [0.4, 0.5) is 5.69 Å². The van der Waals surface area contributed by atoms with Crippen molar-refractivity contribution in [2.24, 2.45) is 11.7 Å². The molecule has 3 nitrogen and oxygen atoms in total. The summed E-state index contributed by atoms with van der Waals surface area (Å²) in [6.45, 7) is 3.22. The predicted octanol–water partition coefficient (Wildman–Crippen LogP) is 1.46. The third-order valence-corrected chi connectivity index (χ3v) is 3.64. The standard InChI is InChI=1S/C14H19N3/c15-14-8-11(9-16-14)10-17-7-3-5-12-4-1-2-6-13(12)17/h1-2,4,6,8,11,16H,3,5,7,9-10,15H2/t11-/m1/s1. The zero-order valence-electron chi connectivity index (χ0n) is 10.0. The summed E-state index contributed by atoms with van der Waals surface area (Å²) in [7, 11) is 0. The number of aryl methyl sites for hydroxylation is 1. The first kappa shape index (κ1) is 10.5. The molecule has 1 aromatic rings. The molecule has 2 aliphatic rings. The Bertz CT molecular complexity index is 439. The number of hydrogen-bond donors (Lipinski definition) is 2. The molecule has 0 spiro atoms. The van der Waals surface area contributed by atoms with Crippen LogP contribution in [0, 0.1) is 5.92 Å². The van der Waals surface area contributed by atoms with Crippen LogP contribution in [-0.2, 0) is 6.42 Å². The Morgan fingerprint density at radius 1 is 1.35 bits per heavy atom. The first-order chi connectivity index (χ1) is 8.33. The fourth-order valence-corrected chi connectivity index (χ4v) is 2.82. The highest BCUT2D eigenvalue weighted by molar-refractivity contribution is 5.55. The molecule has 0 saturated carbocycles. The highest BCUT2D eigenvalue weighted by atomic mass is 15.1. The molecule has 0 fully saturated rings. The van der Waals surface area contributed by atoms with Crippen molar-refractivity contribution >= 4 is 5.69 Å². The van der Waals surface area contributed by atoms with E-state index in [0.29, 0.717) is 5.92 Å². The van der Waals surface area contributed by atoms with Gasteiger partial charge in [0.15, 0.2) is 0 Å². The third-order valence-electron chi connectivity index (χ3n) is 3.64. The number of fused-ring (bicyclic) bond motifs is 1. The number of nitrogens with zero attached hydrogens (tertiary/aromatic N) is 1. The minimum absolute atomic E-state index is 0.543. The highest BCUT2D eigenvalue weighted by Gasteiger charge is 2.21. The van der Waals surface area contributed by atoms with Crippen LogP contribution < -0.4 is 16.0 Å². The number of benzene rings is 1. The van der Waals surface area contributed by atoms with Crippen molar-refractivity contribution in [3.05, 3.63) is 41.7 Å². The Labute approximate surface area is 102 Å². The SMILES string of the molecule is NC1=C[C@@H](CN2CCCc3ccccc32)CN1. The quantitative estimate of drug-likeness (QED) is 0.806. The molecule has 17 heavy (non-hydrogen) atoms. The first-order valence-electron chi connectivity index (χ1n) is 6.37. The van der Waals surface area contributed by atoms with E-state index < -0.39 is 0 Å². The number of nitrogens with one attached hydrogen (secondary N) is 1. The number of rotatable bonds is 2.